The quantitative estimate of drug-likeness (QED) is 0.662. The summed E-state index contributed by atoms with van der Waals surface area (Å²) in [5.74, 6) is -1.03. The Morgan fingerprint density at radius 1 is 1.22 bits per heavy atom. The number of rotatable bonds is 5. The molecule has 0 aliphatic heterocycles. The van der Waals surface area contributed by atoms with E-state index in [-0.39, 0.29) is 10.7 Å². The highest BCUT2D eigenvalue weighted by atomic mass is 35.5. The van der Waals surface area contributed by atoms with Gasteiger partial charge in [-0.2, -0.15) is 0 Å². The monoisotopic (exact) mass is 352 g/mol. The van der Waals surface area contributed by atoms with E-state index in [0.29, 0.717) is 11.6 Å². The molecule has 0 fully saturated rings. The molecule has 1 aromatic carbocycles. The first-order valence-electron chi connectivity index (χ1n) is 6.80. The summed E-state index contributed by atoms with van der Waals surface area (Å²) in [7, 11) is 0. The zero-order chi connectivity index (χ0) is 16.8. The molecule has 5 nitrogen and oxygen atoms in total. The molecule has 23 heavy (non-hydrogen) atoms. The van der Waals surface area contributed by atoms with E-state index in [0.717, 1.165) is 5.56 Å². The summed E-state index contributed by atoms with van der Waals surface area (Å²) in [6.07, 6.45) is 0.464. The average Bonchev–Trinajstić information content (AvgIpc) is 2.54. The molecule has 1 heterocycles. The molecule has 0 saturated heterocycles. The van der Waals surface area contributed by atoms with Gasteiger partial charge in [0.05, 0.1) is 5.56 Å². The normalized spacial score (nSPS) is 11.6. The van der Waals surface area contributed by atoms with Crippen molar-refractivity contribution in [3.63, 3.8) is 0 Å². The molecular formula is C16H14Cl2N2O3. The first kappa shape index (κ1) is 17.2. The van der Waals surface area contributed by atoms with Gasteiger partial charge in [-0.1, -0.05) is 35.3 Å². The van der Waals surface area contributed by atoms with Crippen LogP contribution in [0.5, 0.6) is 0 Å². The average molecular weight is 353 g/mol. The number of hydrogen-bond donors (Lipinski definition) is 1. The molecule has 0 saturated carbocycles. The Bertz CT molecular complexity index is 705. The number of hydrogen-bond acceptors (Lipinski definition) is 4. The Hall–Kier alpha value is -2.11. The van der Waals surface area contributed by atoms with Crippen LogP contribution >= 0.6 is 23.2 Å². The van der Waals surface area contributed by atoms with Crippen LogP contribution in [0, 0.1) is 0 Å². The molecule has 2 rings (SSSR count). The highest BCUT2D eigenvalue weighted by Gasteiger charge is 2.18. The third kappa shape index (κ3) is 5.23. The fraction of sp³-hybridized carbons (Fsp3) is 0.188. The summed E-state index contributed by atoms with van der Waals surface area (Å²) in [5, 5.41) is 3.49. The minimum atomic E-state index is -0.929. The Balaban J connectivity index is 1.87. The number of ether oxygens (including phenoxy) is 1. The third-order valence-electron chi connectivity index (χ3n) is 3.00. The van der Waals surface area contributed by atoms with Crippen LogP contribution in [0.2, 0.25) is 10.2 Å². The van der Waals surface area contributed by atoms with E-state index in [1.807, 2.05) is 0 Å². The van der Waals surface area contributed by atoms with Crippen molar-refractivity contribution in [3.05, 3.63) is 63.9 Å². The van der Waals surface area contributed by atoms with E-state index in [2.05, 4.69) is 10.3 Å². The van der Waals surface area contributed by atoms with Crippen LogP contribution in [0.3, 0.4) is 0 Å². The molecule has 1 atom stereocenters. The van der Waals surface area contributed by atoms with Crippen molar-refractivity contribution in [3.8, 4) is 0 Å². The molecule has 1 unspecified atom stereocenters. The number of benzene rings is 1. The Morgan fingerprint density at radius 3 is 2.57 bits per heavy atom. The summed E-state index contributed by atoms with van der Waals surface area (Å²) in [6, 6.07) is 9.92. The van der Waals surface area contributed by atoms with Crippen LogP contribution in [-0.4, -0.2) is 23.0 Å². The van der Waals surface area contributed by atoms with E-state index in [1.54, 1.807) is 24.3 Å². The van der Waals surface area contributed by atoms with Crippen molar-refractivity contribution in [2.24, 2.45) is 0 Å². The minimum absolute atomic E-state index is 0.180. The van der Waals surface area contributed by atoms with Crippen LogP contribution in [-0.2, 0) is 16.1 Å². The van der Waals surface area contributed by atoms with Gasteiger partial charge in [-0.15, -0.1) is 0 Å². The Kier molecular flexibility index (Phi) is 5.96. The van der Waals surface area contributed by atoms with Gasteiger partial charge < -0.3 is 10.1 Å². The summed E-state index contributed by atoms with van der Waals surface area (Å²) in [6.45, 7) is 1.82. The van der Waals surface area contributed by atoms with Gasteiger partial charge in [0, 0.05) is 17.8 Å². The molecule has 0 bridgehead atoms. The third-order valence-corrected chi connectivity index (χ3v) is 3.45. The number of carbonyl (C=O) groups is 2. The predicted octanol–water partition coefficient (Wildman–Crippen LogP) is 3.25. The maximum Gasteiger partial charge on any atom is 0.339 e. The van der Waals surface area contributed by atoms with Crippen LogP contribution < -0.4 is 5.32 Å². The lowest BCUT2D eigenvalue weighted by Crippen LogP contribution is -2.35. The van der Waals surface area contributed by atoms with E-state index in [4.69, 9.17) is 27.9 Å². The van der Waals surface area contributed by atoms with Gasteiger partial charge >= 0.3 is 5.97 Å². The number of halogens is 2. The molecule has 1 amide bonds. The lowest BCUT2D eigenvalue weighted by atomic mass is 10.2. The molecule has 2 aromatic rings. The number of amides is 1. The number of esters is 1. The summed E-state index contributed by atoms with van der Waals surface area (Å²) in [4.78, 5) is 27.7. The molecule has 0 radical (unpaired) electrons. The fourth-order valence-corrected chi connectivity index (χ4v) is 2.05. The summed E-state index contributed by atoms with van der Waals surface area (Å²) < 4.78 is 5.10. The number of aromatic nitrogens is 1. The second-order valence-corrected chi connectivity index (χ2v) is 5.58. The zero-order valence-electron chi connectivity index (χ0n) is 12.3. The highest BCUT2D eigenvalue weighted by molar-refractivity contribution is 6.30. The van der Waals surface area contributed by atoms with Crippen molar-refractivity contribution < 1.29 is 14.3 Å². The lowest BCUT2D eigenvalue weighted by Gasteiger charge is -2.13. The molecule has 0 aliphatic carbocycles. The summed E-state index contributed by atoms with van der Waals surface area (Å²) in [5.41, 5.74) is 1.13. The molecular weight excluding hydrogens is 339 g/mol. The van der Waals surface area contributed by atoms with Gasteiger partial charge in [0.2, 0.25) is 0 Å². The van der Waals surface area contributed by atoms with Gasteiger partial charge in [0.15, 0.2) is 6.10 Å². The van der Waals surface area contributed by atoms with Crippen LogP contribution in [0.15, 0.2) is 42.6 Å². The Labute approximate surface area is 143 Å². The molecule has 7 heteroatoms. The van der Waals surface area contributed by atoms with Gasteiger partial charge in [0.25, 0.3) is 5.91 Å². The SMILES string of the molecule is CC(OC(=O)c1ccnc(Cl)c1)C(=O)NCc1ccc(Cl)cc1. The number of nitrogens with one attached hydrogen (secondary N) is 1. The van der Waals surface area contributed by atoms with Crippen molar-refractivity contribution in [2.75, 3.05) is 0 Å². The predicted molar refractivity (Wildman–Crippen MR) is 87.4 cm³/mol. The smallest absolute Gasteiger partial charge is 0.339 e. The topological polar surface area (TPSA) is 68.3 Å². The largest absolute Gasteiger partial charge is 0.449 e. The van der Waals surface area contributed by atoms with Gasteiger partial charge in [-0.25, -0.2) is 9.78 Å². The molecule has 0 spiro atoms. The highest BCUT2D eigenvalue weighted by Crippen LogP contribution is 2.11. The Morgan fingerprint density at radius 2 is 1.91 bits per heavy atom. The second-order valence-electron chi connectivity index (χ2n) is 4.76. The van der Waals surface area contributed by atoms with Crippen molar-refractivity contribution in [1.29, 1.82) is 0 Å². The van der Waals surface area contributed by atoms with Crippen molar-refractivity contribution in [2.45, 2.75) is 19.6 Å². The second kappa shape index (κ2) is 7.94. The van der Waals surface area contributed by atoms with E-state index >= 15 is 0 Å². The van der Waals surface area contributed by atoms with E-state index in [9.17, 15) is 9.59 Å². The number of pyridine rings is 1. The zero-order valence-corrected chi connectivity index (χ0v) is 13.8. The van der Waals surface area contributed by atoms with Gasteiger partial charge in [-0.3, -0.25) is 4.79 Å². The van der Waals surface area contributed by atoms with Crippen LogP contribution in [0.4, 0.5) is 0 Å². The number of nitrogens with zero attached hydrogens (tertiary/aromatic N) is 1. The van der Waals surface area contributed by atoms with Crippen molar-refractivity contribution in [1.82, 2.24) is 10.3 Å². The van der Waals surface area contributed by atoms with Gasteiger partial charge in [-0.05, 0) is 36.8 Å². The maximum atomic E-state index is 12.0. The molecule has 0 aliphatic rings. The first-order chi connectivity index (χ1) is 11.0. The van der Waals surface area contributed by atoms with Crippen LogP contribution in [0.1, 0.15) is 22.8 Å². The number of carbonyl (C=O) groups excluding carboxylic acids is 2. The standard InChI is InChI=1S/C16H14Cl2N2O3/c1-10(23-16(22)12-6-7-19-14(18)8-12)15(21)20-9-11-2-4-13(17)5-3-11/h2-8,10H,9H2,1H3,(H,20,21). The van der Waals surface area contributed by atoms with Gasteiger partial charge in [0.1, 0.15) is 5.15 Å². The molecule has 120 valence electrons. The minimum Gasteiger partial charge on any atom is -0.449 e. The maximum absolute atomic E-state index is 12.0. The van der Waals surface area contributed by atoms with Crippen LogP contribution in [0.25, 0.3) is 0 Å². The molecule has 1 N–H and O–H groups in total. The summed E-state index contributed by atoms with van der Waals surface area (Å²) >= 11 is 11.5. The first-order valence-corrected chi connectivity index (χ1v) is 7.56. The van der Waals surface area contributed by atoms with E-state index in [1.165, 1.54) is 25.3 Å². The van der Waals surface area contributed by atoms with Crippen molar-refractivity contribution >= 4 is 35.1 Å². The molecule has 1 aromatic heterocycles. The lowest BCUT2D eigenvalue weighted by molar-refractivity contribution is -0.129. The fourth-order valence-electron chi connectivity index (χ4n) is 1.75. The van der Waals surface area contributed by atoms with E-state index < -0.39 is 18.0 Å².